The van der Waals surface area contributed by atoms with E-state index in [0.717, 1.165) is 39.3 Å². The number of hydrogen-bond acceptors (Lipinski definition) is 3. The van der Waals surface area contributed by atoms with E-state index in [1.165, 1.54) is 0 Å². The van der Waals surface area contributed by atoms with Crippen LogP contribution in [-0.2, 0) is 13.6 Å². The fourth-order valence-corrected chi connectivity index (χ4v) is 2.55. The highest BCUT2D eigenvalue weighted by Crippen LogP contribution is 2.36. The molecule has 0 aliphatic rings. The van der Waals surface area contributed by atoms with Crippen LogP contribution in [0.25, 0.3) is 11.1 Å². The molecule has 0 radical (unpaired) electrons. The molecule has 102 valence electrons. The highest BCUT2D eigenvalue weighted by atomic mass is 79.9. The number of halogens is 1. The predicted molar refractivity (Wildman–Crippen MR) is 80.4 cm³/mol. The maximum Gasteiger partial charge on any atom is 0.126 e. The van der Waals surface area contributed by atoms with Gasteiger partial charge in [0.1, 0.15) is 5.75 Å². The molecule has 0 fully saturated rings. The Labute approximate surface area is 121 Å². The summed E-state index contributed by atoms with van der Waals surface area (Å²) in [6.07, 6.45) is 0. The molecular formula is C14H18BrN3O. The van der Waals surface area contributed by atoms with E-state index < -0.39 is 0 Å². The Morgan fingerprint density at radius 2 is 2.16 bits per heavy atom. The SMILES string of the molecule is CNCc1nn(C)c(C)c1-c1cc(Br)ccc1OC. The number of rotatable bonds is 4. The van der Waals surface area contributed by atoms with Crippen LogP contribution in [0.2, 0.25) is 0 Å². The second kappa shape index (κ2) is 5.75. The minimum Gasteiger partial charge on any atom is -0.496 e. The molecule has 1 aromatic heterocycles. The Morgan fingerprint density at radius 1 is 1.42 bits per heavy atom. The quantitative estimate of drug-likeness (QED) is 0.940. The number of hydrogen-bond donors (Lipinski definition) is 1. The fraction of sp³-hybridized carbons (Fsp3) is 0.357. The first-order valence-corrected chi connectivity index (χ1v) is 6.88. The van der Waals surface area contributed by atoms with E-state index in [-0.39, 0.29) is 0 Å². The van der Waals surface area contributed by atoms with Crippen molar-refractivity contribution in [3.8, 4) is 16.9 Å². The summed E-state index contributed by atoms with van der Waals surface area (Å²) in [5, 5.41) is 7.72. The fourth-order valence-electron chi connectivity index (χ4n) is 2.19. The van der Waals surface area contributed by atoms with Gasteiger partial charge >= 0.3 is 0 Å². The molecule has 0 aliphatic heterocycles. The van der Waals surface area contributed by atoms with Gasteiger partial charge in [0.15, 0.2) is 0 Å². The van der Waals surface area contributed by atoms with Gasteiger partial charge < -0.3 is 10.1 Å². The first-order valence-electron chi connectivity index (χ1n) is 6.09. The zero-order chi connectivity index (χ0) is 14.0. The number of benzene rings is 1. The predicted octanol–water partition coefficient (Wildman–Crippen LogP) is 2.89. The minimum atomic E-state index is 0.729. The summed E-state index contributed by atoms with van der Waals surface area (Å²) in [7, 11) is 5.57. The molecule has 0 spiro atoms. The maximum atomic E-state index is 5.47. The van der Waals surface area contributed by atoms with Gasteiger partial charge in [-0.15, -0.1) is 0 Å². The third-order valence-corrected chi connectivity index (χ3v) is 3.67. The van der Waals surface area contributed by atoms with E-state index in [2.05, 4.69) is 39.3 Å². The summed E-state index contributed by atoms with van der Waals surface area (Å²) in [4.78, 5) is 0. The summed E-state index contributed by atoms with van der Waals surface area (Å²) in [6, 6.07) is 6.02. The molecule has 0 atom stereocenters. The number of aromatic nitrogens is 2. The van der Waals surface area contributed by atoms with Gasteiger partial charge in [0.05, 0.1) is 12.8 Å². The summed E-state index contributed by atoms with van der Waals surface area (Å²) in [6.45, 7) is 2.80. The van der Waals surface area contributed by atoms with E-state index >= 15 is 0 Å². The third kappa shape index (κ3) is 2.67. The third-order valence-electron chi connectivity index (χ3n) is 3.18. The van der Waals surface area contributed by atoms with Crippen molar-refractivity contribution in [1.29, 1.82) is 0 Å². The first-order chi connectivity index (χ1) is 9.08. The van der Waals surface area contributed by atoms with Crippen molar-refractivity contribution in [3.05, 3.63) is 34.1 Å². The standard InChI is InChI=1S/C14H18BrN3O/c1-9-14(12(8-16-2)17-18(9)3)11-7-10(15)5-6-13(11)19-4/h5-7,16H,8H2,1-4H3. The van der Waals surface area contributed by atoms with Crippen LogP contribution in [0.3, 0.4) is 0 Å². The first kappa shape index (κ1) is 14.1. The van der Waals surface area contributed by atoms with Crippen LogP contribution in [0.4, 0.5) is 0 Å². The largest absolute Gasteiger partial charge is 0.496 e. The number of ether oxygens (including phenoxy) is 1. The van der Waals surface area contributed by atoms with Crippen LogP contribution in [0.5, 0.6) is 5.75 Å². The average Bonchev–Trinajstić information content (AvgIpc) is 2.65. The number of aryl methyl sites for hydroxylation is 1. The van der Waals surface area contributed by atoms with E-state index in [1.807, 2.05) is 30.9 Å². The van der Waals surface area contributed by atoms with Crippen molar-refractivity contribution >= 4 is 15.9 Å². The van der Waals surface area contributed by atoms with Crippen LogP contribution in [0.1, 0.15) is 11.4 Å². The minimum absolute atomic E-state index is 0.729. The summed E-state index contributed by atoms with van der Waals surface area (Å²) in [5.74, 6) is 0.858. The number of nitrogens with one attached hydrogen (secondary N) is 1. The van der Waals surface area contributed by atoms with Crippen LogP contribution in [0, 0.1) is 6.92 Å². The van der Waals surface area contributed by atoms with Crippen molar-refractivity contribution in [3.63, 3.8) is 0 Å². The topological polar surface area (TPSA) is 39.1 Å². The number of methoxy groups -OCH3 is 1. The van der Waals surface area contributed by atoms with Crippen LogP contribution >= 0.6 is 15.9 Å². The van der Waals surface area contributed by atoms with Gasteiger partial charge in [0, 0.05) is 34.9 Å². The Bertz CT molecular complexity index is 593. The number of nitrogens with zero attached hydrogens (tertiary/aromatic N) is 2. The van der Waals surface area contributed by atoms with E-state index in [9.17, 15) is 0 Å². The molecule has 4 nitrogen and oxygen atoms in total. The highest BCUT2D eigenvalue weighted by molar-refractivity contribution is 9.10. The molecule has 0 amide bonds. The molecule has 0 bridgehead atoms. The normalized spacial score (nSPS) is 10.8. The summed E-state index contributed by atoms with van der Waals surface area (Å²) in [5.41, 5.74) is 4.35. The molecular weight excluding hydrogens is 306 g/mol. The Kier molecular flexibility index (Phi) is 4.27. The van der Waals surface area contributed by atoms with Gasteiger partial charge in [-0.3, -0.25) is 4.68 Å². The molecule has 0 saturated heterocycles. The molecule has 0 unspecified atom stereocenters. The van der Waals surface area contributed by atoms with Crippen molar-refractivity contribution in [1.82, 2.24) is 15.1 Å². The maximum absolute atomic E-state index is 5.47. The summed E-state index contributed by atoms with van der Waals surface area (Å²) < 4.78 is 8.41. The molecule has 2 rings (SSSR count). The van der Waals surface area contributed by atoms with Crippen molar-refractivity contribution in [2.45, 2.75) is 13.5 Å². The molecule has 5 heteroatoms. The Morgan fingerprint density at radius 3 is 2.79 bits per heavy atom. The van der Waals surface area contributed by atoms with Gasteiger partial charge in [-0.2, -0.15) is 5.10 Å². The van der Waals surface area contributed by atoms with Gasteiger partial charge in [0.2, 0.25) is 0 Å². The highest BCUT2D eigenvalue weighted by Gasteiger charge is 2.18. The molecule has 0 saturated carbocycles. The van der Waals surface area contributed by atoms with Crippen molar-refractivity contribution < 1.29 is 4.74 Å². The lowest BCUT2D eigenvalue weighted by atomic mass is 10.0. The summed E-state index contributed by atoms with van der Waals surface area (Å²) >= 11 is 3.52. The Hall–Kier alpha value is -1.33. The average molecular weight is 324 g/mol. The lowest BCUT2D eigenvalue weighted by Gasteiger charge is -2.10. The zero-order valence-electron chi connectivity index (χ0n) is 11.6. The smallest absolute Gasteiger partial charge is 0.126 e. The van der Waals surface area contributed by atoms with Crippen molar-refractivity contribution in [2.75, 3.05) is 14.2 Å². The van der Waals surface area contributed by atoms with Gasteiger partial charge in [-0.25, -0.2) is 0 Å². The van der Waals surface area contributed by atoms with Gasteiger partial charge in [-0.05, 0) is 32.2 Å². The zero-order valence-corrected chi connectivity index (χ0v) is 13.2. The molecule has 1 heterocycles. The molecule has 1 aromatic carbocycles. The Balaban J connectivity index is 2.66. The second-order valence-electron chi connectivity index (χ2n) is 4.41. The molecule has 19 heavy (non-hydrogen) atoms. The molecule has 2 aromatic rings. The van der Waals surface area contributed by atoms with Crippen LogP contribution in [0.15, 0.2) is 22.7 Å². The van der Waals surface area contributed by atoms with Crippen LogP contribution in [-0.4, -0.2) is 23.9 Å². The molecule has 0 aliphatic carbocycles. The lowest BCUT2D eigenvalue weighted by molar-refractivity contribution is 0.416. The van der Waals surface area contributed by atoms with Gasteiger partial charge in [-0.1, -0.05) is 15.9 Å². The van der Waals surface area contributed by atoms with E-state index in [4.69, 9.17) is 4.74 Å². The van der Waals surface area contributed by atoms with E-state index in [0.29, 0.717) is 0 Å². The van der Waals surface area contributed by atoms with E-state index in [1.54, 1.807) is 7.11 Å². The lowest BCUT2D eigenvalue weighted by Crippen LogP contribution is -2.07. The molecule has 1 N–H and O–H groups in total. The second-order valence-corrected chi connectivity index (χ2v) is 5.32. The monoisotopic (exact) mass is 323 g/mol. The van der Waals surface area contributed by atoms with Crippen molar-refractivity contribution in [2.24, 2.45) is 7.05 Å². The van der Waals surface area contributed by atoms with Crippen LogP contribution < -0.4 is 10.1 Å². The van der Waals surface area contributed by atoms with Gasteiger partial charge in [0.25, 0.3) is 0 Å².